The van der Waals surface area contributed by atoms with Crippen LogP contribution in [-0.2, 0) is 4.79 Å². The van der Waals surface area contributed by atoms with E-state index in [0.29, 0.717) is 11.4 Å². The summed E-state index contributed by atoms with van der Waals surface area (Å²) in [5.74, 6) is -0.951. The summed E-state index contributed by atoms with van der Waals surface area (Å²) in [4.78, 5) is 27.0. The summed E-state index contributed by atoms with van der Waals surface area (Å²) in [5, 5.41) is 7.97. The third-order valence-corrected chi connectivity index (χ3v) is 3.38. The summed E-state index contributed by atoms with van der Waals surface area (Å²) < 4.78 is 0. The molecule has 0 saturated carbocycles. The molecule has 0 atom stereocenters. The molecule has 0 unspecified atom stereocenters. The van der Waals surface area contributed by atoms with Crippen LogP contribution < -0.4 is 9.80 Å². The molecule has 1 aliphatic heterocycles. The number of hydrogen-bond donors (Lipinski definition) is 1. The van der Waals surface area contributed by atoms with Gasteiger partial charge >= 0.3 is 11.9 Å². The van der Waals surface area contributed by atoms with Gasteiger partial charge in [-0.3, -0.25) is 10.2 Å². The molecule has 2 aromatic carbocycles. The Kier molecular flexibility index (Phi) is 3.02. The van der Waals surface area contributed by atoms with E-state index in [1.165, 1.54) is 0 Å². The van der Waals surface area contributed by atoms with Crippen LogP contribution in [0.5, 0.6) is 0 Å². The number of nitrogens with zero attached hydrogens (tertiary/aromatic N) is 2. The van der Waals surface area contributed by atoms with Gasteiger partial charge in [0.05, 0.1) is 11.4 Å². The molecule has 21 heavy (non-hydrogen) atoms. The molecule has 2 aromatic rings. The maximum atomic E-state index is 12.6. The molecule has 1 fully saturated rings. The second kappa shape index (κ2) is 4.86. The molecule has 1 saturated heterocycles. The third-order valence-electron chi connectivity index (χ3n) is 3.38. The zero-order chi connectivity index (χ0) is 15.0. The minimum absolute atomic E-state index is 0.335. The highest BCUT2D eigenvalue weighted by Crippen LogP contribution is 2.28. The van der Waals surface area contributed by atoms with E-state index in [4.69, 9.17) is 5.41 Å². The molecule has 1 aliphatic rings. The number of urea groups is 1. The quantitative estimate of drug-likeness (QED) is 0.859. The second-order valence-corrected chi connectivity index (χ2v) is 4.73. The predicted octanol–water partition coefficient (Wildman–Crippen LogP) is 2.95. The van der Waals surface area contributed by atoms with Gasteiger partial charge in [-0.05, 0) is 30.7 Å². The van der Waals surface area contributed by atoms with E-state index in [-0.39, 0.29) is 5.84 Å². The number of amides is 3. The van der Waals surface area contributed by atoms with Crippen molar-refractivity contribution in [1.82, 2.24) is 0 Å². The predicted molar refractivity (Wildman–Crippen MR) is 80.7 cm³/mol. The van der Waals surface area contributed by atoms with Gasteiger partial charge in [-0.2, -0.15) is 0 Å². The van der Waals surface area contributed by atoms with E-state index >= 15 is 0 Å². The van der Waals surface area contributed by atoms with Crippen LogP contribution in [0.1, 0.15) is 5.56 Å². The second-order valence-electron chi connectivity index (χ2n) is 4.73. The average molecular weight is 279 g/mol. The van der Waals surface area contributed by atoms with Gasteiger partial charge in [-0.1, -0.05) is 36.4 Å². The molecule has 5 heteroatoms. The molecule has 104 valence electrons. The van der Waals surface area contributed by atoms with Crippen molar-refractivity contribution in [2.24, 2.45) is 0 Å². The Bertz CT molecular complexity index is 740. The largest absolute Gasteiger partial charge is 0.342 e. The van der Waals surface area contributed by atoms with Gasteiger partial charge in [-0.15, -0.1) is 0 Å². The van der Waals surface area contributed by atoms with E-state index in [1.54, 1.807) is 42.5 Å². The van der Waals surface area contributed by atoms with Crippen LogP contribution >= 0.6 is 0 Å². The number of carbonyl (C=O) groups is 2. The number of hydrogen-bond acceptors (Lipinski definition) is 3. The van der Waals surface area contributed by atoms with Crippen molar-refractivity contribution >= 4 is 29.1 Å². The van der Waals surface area contributed by atoms with Gasteiger partial charge in [-0.25, -0.2) is 14.6 Å². The van der Waals surface area contributed by atoms with Crippen LogP contribution in [0, 0.1) is 12.3 Å². The highest BCUT2D eigenvalue weighted by atomic mass is 16.2. The summed E-state index contributed by atoms with van der Waals surface area (Å²) in [7, 11) is 0. The number of rotatable bonds is 2. The number of carbonyl (C=O) groups excluding carboxylic acids is 2. The molecule has 0 aliphatic carbocycles. The first-order chi connectivity index (χ1) is 10.1. The Morgan fingerprint density at radius 1 is 0.857 bits per heavy atom. The van der Waals surface area contributed by atoms with Gasteiger partial charge in [0.25, 0.3) is 0 Å². The lowest BCUT2D eigenvalue weighted by Crippen LogP contribution is -2.33. The molecule has 1 N–H and O–H groups in total. The molecule has 0 aromatic heterocycles. The minimum Gasteiger partial charge on any atom is -0.279 e. The van der Waals surface area contributed by atoms with Crippen LogP contribution in [0.3, 0.4) is 0 Å². The number of nitrogens with one attached hydrogen (secondary N) is 1. The van der Waals surface area contributed by atoms with Crippen molar-refractivity contribution in [3.63, 3.8) is 0 Å². The minimum atomic E-state index is -0.616. The van der Waals surface area contributed by atoms with Gasteiger partial charge in [0, 0.05) is 0 Å². The Morgan fingerprint density at radius 3 is 2.14 bits per heavy atom. The summed E-state index contributed by atoms with van der Waals surface area (Å²) in [6.07, 6.45) is 0. The first-order valence-electron chi connectivity index (χ1n) is 6.49. The van der Waals surface area contributed by atoms with Crippen molar-refractivity contribution < 1.29 is 9.59 Å². The van der Waals surface area contributed by atoms with Gasteiger partial charge in [0.15, 0.2) is 0 Å². The van der Waals surface area contributed by atoms with Crippen LogP contribution in [0.4, 0.5) is 16.2 Å². The summed E-state index contributed by atoms with van der Waals surface area (Å²) in [6.45, 7) is 1.84. The monoisotopic (exact) mass is 279 g/mol. The molecule has 0 bridgehead atoms. The zero-order valence-corrected chi connectivity index (χ0v) is 11.4. The molecular weight excluding hydrogens is 266 g/mol. The lowest BCUT2D eigenvalue weighted by Gasteiger charge is -2.18. The normalized spacial score (nSPS) is 15.0. The fourth-order valence-corrected chi connectivity index (χ4v) is 2.33. The fraction of sp³-hybridized carbons (Fsp3) is 0.0625. The van der Waals surface area contributed by atoms with Crippen molar-refractivity contribution in [3.8, 4) is 0 Å². The Hall–Kier alpha value is -2.95. The first-order valence-corrected chi connectivity index (χ1v) is 6.49. The third kappa shape index (κ3) is 1.99. The van der Waals surface area contributed by atoms with E-state index in [9.17, 15) is 9.59 Å². The number of benzene rings is 2. The topological polar surface area (TPSA) is 64.5 Å². The summed E-state index contributed by atoms with van der Waals surface area (Å²) in [5.41, 5.74) is 1.85. The zero-order valence-electron chi connectivity index (χ0n) is 11.4. The highest BCUT2D eigenvalue weighted by molar-refractivity contribution is 6.61. The van der Waals surface area contributed by atoms with Crippen molar-refractivity contribution in [2.75, 3.05) is 9.80 Å². The summed E-state index contributed by atoms with van der Waals surface area (Å²) in [6, 6.07) is 15.3. The van der Waals surface area contributed by atoms with Crippen molar-refractivity contribution in [1.29, 1.82) is 5.41 Å². The molecule has 0 spiro atoms. The summed E-state index contributed by atoms with van der Waals surface area (Å²) >= 11 is 0. The van der Waals surface area contributed by atoms with Gasteiger partial charge < -0.3 is 0 Å². The van der Waals surface area contributed by atoms with Crippen molar-refractivity contribution in [2.45, 2.75) is 6.92 Å². The van der Waals surface area contributed by atoms with Crippen LogP contribution in [0.2, 0.25) is 0 Å². The van der Waals surface area contributed by atoms with Gasteiger partial charge in [0.2, 0.25) is 5.84 Å². The Labute approximate surface area is 121 Å². The number of amidine groups is 1. The first kappa shape index (κ1) is 13.1. The van der Waals surface area contributed by atoms with Crippen LogP contribution in [-0.4, -0.2) is 17.8 Å². The SMILES string of the molecule is Cc1ccccc1N1C(=N)C(=O)N(c2ccccc2)C1=O. The lowest BCUT2D eigenvalue weighted by atomic mass is 10.2. The van der Waals surface area contributed by atoms with E-state index in [1.807, 2.05) is 19.1 Å². The Morgan fingerprint density at radius 2 is 1.48 bits per heavy atom. The fourth-order valence-electron chi connectivity index (χ4n) is 2.33. The van der Waals surface area contributed by atoms with E-state index < -0.39 is 11.9 Å². The molecule has 5 nitrogen and oxygen atoms in total. The van der Waals surface area contributed by atoms with Crippen LogP contribution in [0.15, 0.2) is 54.6 Å². The molecule has 3 rings (SSSR count). The lowest BCUT2D eigenvalue weighted by molar-refractivity contribution is -0.111. The number of imide groups is 1. The highest BCUT2D eigenvalue weighted by Gasteiger charge is 2.43. The molecule has 3 amide bonds. The Balaban J connectivity index is 2.07. The number of anilines is 2. The van der Waals surface area contributed by atoms with Crippen molar-refractivity contribution in [3.05, 3.63) is 60.2 Å². The molecule has 0 radical (unpaired) electrons. The number of para-hydroxylation sites is 2. The number of aryl methyl sites for hydroxylation is 1. The maximum absolute atomic E-state index is 12.6. The average Bonchev–Trinajstić information content (AvgIpc) is 2.71. The van der Waals surface area contributed by atoms with E-state index in [0.717, 1.165) is 15.4 Å². The van der Waals surface area contributed by atoms with Gasteiger partial charge in [0.1, 0.15) is 0 Å². The molecular formula is C16H13N3O2. The van der Waals surface area contributed by atoms with Crippen LogP contribution in [0.25, 0.3) is 0 Å². The maximum Gasteiger partial charge on any atom is 0.342 e. The van der Waals surface area contributed by atoms with E-state index in [2.05, 4.69) is 0 Å². The smallest absolute Gasteiger partial charge is 0.279 e. The molecule has 1 heterocycles. The standard InChI is InChI=1S/C16H13N3O2/c1-11-7-5-6-10-13(11)19-14(17)15(20)18(16(19)21)12-8-3-2-4-9-12/h2-10,17H,1H3.